The van der Waals surface area contributed by atoms with Gasteiger partial charge in [-0.25, -0.2) is 4.79 Å². The minimum Gasteiger partial charge on any atom is -0.455 e. The highest BCUT2D eigenvalue weighted by Gasteiger charge is 2.11. The van der Waals surface area contributed by atoms with Crippen molar-refractivity contribution in [1.29, 1.82) is 0 Å². The minimum atomic E-state index is -0.534. The summed E-state index contributed by atoms with van der Waals surface area (Å²) in [5.74, 6) is 0.951. The lowest BCUT2D eigenvalue weighted by atomic mass is 10.2. The van der Waals surface area contributed by atoms with Crippen LogP contribution in [0.25, 0.3) is 0 Å². The molecule has 2 heterocycles. The molecule has 3 rings (SSSR count). The van der Waals surface area contributed by atoms with E-state index in [9.17, 15) is 4.79 Å². The number of pyridine rings is 1. The Hall–Kier alpha value is -2.93. The fourth-order valence-corrected chi connectivity index (χ4v) is 2.06. The standard InChI is InChI=1S/C16H15N3O4/c1-21-11-15-18-19(16(20)23-15)10-12-5-2-3-7-14(12)22-13-6-4-8-17-9-13/h2-9H,10-11H2,1H3. The molecule has 0 aliphatic heterocycles. The van der Waals surface area contributed by atoms with E-state index in [2.05, 4.69) is 10.1 Å². The highest BCUT2D eigenvalue weighted by Crippen LogP contribution is 2.24. The van der Waals surface area contributed by atoms with Gasteiger partial charge >= 0.3 is 5.76 Å². The van der Waals surface area contributed by atoms with Crippen LogP contribution < -0.4 is 10.5 Å². The number of ether oxygens (including phenoxy) is 2. The van der Waals surface area contributed by atoms with Gasteiger partial charge in [-0.1, -0.05) is 18.2 Å². The molecule has 7 nitrogen and oxygen atoms in total. The molecule has 0 atom stereocenters. The Kier molecular flexibility index (Phi) is 4.49. The Morgan fingerprint density at radius 1 is 1.22 bits per heavy atom. The van der Waals surface area contributed by atoms with E-state index in [0.29, 0.717) is 11.5 Å². The van der Waals surface area contributed by atoms with Crippen molar-refractivity contribution < 1.29 is 13.9 Å². The van der Waals surface area contributed by atoms with Crippen molar-refractivity contribution in [3.8, 4) is 11.5 Å². The number of aromatic nitrogens is 3. The van der Waals surface area contributed by atoms with Gasteiger partial charge in [0, 0.05) is 18.9 Å². The molecule has 0 radical (unpaired) electrons. The fourth-order valence-electron chi connectivity index (χ4n) is 2.06. The Bertz CT molecular complexity index is 827. The zero-order valence-electron chi connectivity index (χ0n) is 12.5. The number of methoxy groups -OCH3 is 1. The van der Waals surface area contributed by atoms with E-state index < -0.39 is 5.76 Å². The molecule has 0 bridgehead atoms. The molecular formula is C16H15N3O4. The van der Waals surface area contributed by atoms with Gasteiger partial charge in [-0.3, -0.25) is 4.98 Å². The summed E-state index contributed by atoms with van der Waals surface area (Å²) in [6.45, 7) is 0.387. The van der Waals surface area contributed by atoms with Gasteiger partial charge in [0.05, 0.1) is 12.7 Å². The lowest BCUT2D eigenvalue weighted by Gasteiger charge is -2.10. The summed E-state index contributed by atoms with van der Waals surface area (Å²) in [5, 5.41) is 4.09. The van der Waals surface area contributed by atoms with Gasteiger partial charge in [0.15, 0.2) is 0 Å². The summed E-state index contributed by atoms with van der Waals surface area (Å²) >= 11 is 0. The van der Waals surface area contributed by atoms with Crippen LogP contribution in [0.15, 0.2) is 58.0 Å². The largest absolute Gasteiger partial charge is 0.455 e. The van der Waals surface area contributed by atoms with Gasteiger partial charge in [0.25, 0.3) is 0 Å². The Labute approximate surface area is 132 Å². The van der Waals surface area contributed by atoms with Gasteiger partial charge in [-0.2, -0.15) is 4.68 Å². The van der Waals surface area contributed by atoms with E-state index >= 15 is 0 Å². The third kappa shape index (κ3) is 3.64. The molecule has 0 fully saturated rings. The third-order valence-corrected chi connectivity index (χ3v) is 3.07. The van der Waals surface area contributed by atoms with Crippen LogP contribution in [0.4, 0.5) is 0 Å². The maximum atomic E-state index is 11.8. The van der Waals surface area contributed by atoms with Crippen LogP contribution in [-0.2, 0) is 17.9 Å². The van der Waals surface area contributed by atoms with Gasteiger partial charge in [0.2, 0.25) is 5.89 Å². The van der Waals surface area contributed by atoms with Crippen LogP contribution >= 0.6 is 0 Å². The van der Waals surface area contributed by atoms with E-state index in [4.69, 9.17) is 13.9 Å². The topological polar surface area (TPSA) is 79.4 Å². The Morgan fingerprint density at radius 3 is 2.87 bits per heavy atom. The highest BCUT2D eigenvalue weighted by molar-refractivity contribution is 5.37. The number of hydrogen-bond acceptors (Lipinski definition) is 6. The van der Waals surface area contributed by atoms with Gasteiger partial charge in [-0.05, 0) is 18.2 Å². The summed E-state index contributed by atoms with van der Waals surface area (Å²) in [6, 6.07) is 11.0. The van der Waals surface area contributed by atoms with Crippen molar-refractivity contribution in [3.05, 3.63) is 70.8 Å². The molecule has 1 aromatic carbocycles. The van der Waals surface area contributed by atoms with Crippen LogP contribution in [-0.4, -0.2) is 21.9 Å². The van der Waals surface area contributed by atoms with Gasteiger partial charge in [-0.15, -0.1) is 5.10 Å². The maximum Gasteiger partial charge on any atom is 0.437 e. The number of benzene rings is 1. The monoisotopic (exact) mass is 313 g/mol. The summed E-state index contributed by atoms with van der Waals surface area (Å²) in [5.41, 5.74) is 0.802. The molecule has 118 valence electrons. The molecule has 7 heteroatoms. The molecule has 0 N–H and O–H groups in total. The van der Waals surface area contributed by atoms with E-state index in [0.717, 1.165) is 5.56 Å². The third-order valence-electron chi connectivity index (χ3n) is 3.07. The lowest BCUT2D eigenvalue weighted by Crippen LogP contribution is -2.17. The first kappa shape index (κ1) is 15.0. The van der Waals surface area contributed by atoms with Crippen molar-refractivity contribution in [2.24, 2.45) is 0 Å². The molecule has 0 saturated carbocycles. The van der Waals surface area contributed by atoms with E-state index in [1.807, 2.05) is 30.3 Å². The maximum absolute atomic E-state index is 11.8. The fraction of sp³-hybridized carbons (Fsp3) is 0.188. The quantitative estimate of drug-likeness (QED) is 0.694. The van der Waals surface area contributed by atoms with Crippen molar-refractivity contribution in [2.45, 2.75) is 13.2 Å². The summed E-state index contributed by atoms with van der Waals surface area (Å²) < 4.78 is 17.0. The predicted octanol–water partition coefficient (Wildman–Crippen LogP) is 2.22. The first-order valence-electron chi connectivity index (χ1n) is 6.98. The van der Waals surface area contributed by atoms with Gasteiger partial charge < -0.3 is 13.9 Å². The first-order chi connectivity index (χ1) is 11.3. The van der Waals surface area contributed by atoms with Crippen molar-refractivity contribution in [3.63, 3.8) is 0 Å². The predicted molar refractivity (Wildman–Crippen MR) is 81.3 cm³/mol. The average Bonchev–Trinajstić information content (AvgIpc) is 2.90. The first-order valence-corrected chi connectivity index (χ1v) is 6.98. The van der Waals surface area contributed by atoms with Gasteiger partial charge in [0.1, 0.15) is 18.1 Å². The van der Waals surface area contributed by atoms with Crippen LogP contribution in [0.5, 0.6) is 11.5 Å². The van der Waals surface area contributed by atoms with E-state index in [-0.39, 0.29) is 19.0 Å². The van der Waals surface area contributed by atoms with Crippen LogP contribution in [0.1, 0.15) is 11.5 Å². The molecular weight excluding hydrogens is 298 g/mol. The summed E-state index contributed by atoms with van der Waals surface area (Å²) in [7, 11) is 1.51. The smallest absolute Gasteiger partial charge is 0.437 e. The minimum absolute atomic E-state index is 0.149. The molecule has 0 unspecified atom stereocenters. The molecule has 0 amide bonds. The van der Waals surface area contributed by atoms with Crippen molar-refractivity contribution in [1.82, 2.24) is 14.8 Å². The zero-order chi connectivity index (χ0) is 16.1. The number of hydrogen-bond donors (Lipinski definition) is 0. The average molecular weight is 313 g/mol. The molecule has 0 aliphatic carbocycles. The second kappa shape index (κ2) is 6.89. The molecule has 0 saturated heterocycles. The SMILES string of the molecule is COCc1nn(Cc2ccccc2Oc2cccnc2)c(=O)o1. The van der Waals surface area contributed by atoms with Crippen LogP contribution in [0.2, 0.25) is 0 Å². The van der Waals surface area contributed by atoms with Crippen molar-refractivity contribution in [2.75, 3.05) is 7.11 Å². The molecule has 3 aromatic rings. The second-order valence-electron chi connectivity index (χ2n) is 4.75. The summed E-state index contributed by atoms with van der Waals surface area (Å²) in [6.07, 6.45) is 3.29. The Balaban J connectivity index is 1.85. The molecule has 2 aromatic heterocycles. The zero-order valence-corrected chi connectivity index (χ0v) is 12.5. The lowest BCUT2D eigenvalue weighted by molar-refractivity contribution is 0.158. The van der Waals surface area contributed by atoms with E-state index in [1.54, 1.807) is 18.5 Å². The van der Waals surface area contributed by atoms with E-state index in [1.165, 1.54) is 11.8 Å². The molecule has 0 aliphatic rings. The highest BCUT2D eigenvalue weighted by atomic mass is 16.5. The van der Waals surface area contributed by atoms with Crippen molar-refractivity contribution >= 4 is 0 Å². The number of para-hydroxylation sites is 1. The second-order valence-corrected chi connectivity index (χ2v) is 4.75. The normalized spacial score (nSPS) is 10.7. The Morgan fingerprint density at radius 2 is 2.09 bits per heavy atom. The number of rotatable bonds is 6. The molecule has 23 heavy (non-hydrogen) atoms. The van der Waals surface area contributed by atoms with Crippen LogP contribution in [0, 0.1) is 0 Å². The van der Waals surface area contributed by atoms with Crippen LogP contribution in [0.3, 0.4) is 0 Å². The molecule has 0 spiro atoms. The number of nitrogens with zero attached hydrogens (tertiary/aromatic N) is 3. The summed E-state index contributed by atoms with van der Waals surface area (Å²) in [4.78, 5) is 15.8.